The normalized spacial score (nSPS) is 23.8. The van der Waals surface area contributed by atoms with Crippen LogP contribution in [0.4, 0.5) is 4.79 Å². The van der Waals surface area contributed by atoms with Gasteiger partial charge >= 0.3 is 12.0 Å². The van der Waals surface area contributed by atoms with Crippen molar-refractivity contribution in [3.05, 3.63) is 35.9 Å². The van der Waals surface area contributed by atoms with Gasteiger partial charge in [0.15, 0.2) is 0 Å². The number of carboxylic acids is 1. The Morgan fingerprint density at radius 3 is 2.42 bits per heavy atom. The first-order valence-electron chi connectivity index (χ1n) is 8.98. The van der Waals surface area contributed by atoms with Gasteiger partial charge in [0.2, 0.25) is 0 Å². The summed E-state index contributed by atoms with van der Waals surface area (Å²) in [4.78, 5) is 25.7. The maximum absolute atomic E-state index is 12.8. The molecule has 2 bridgehead atoms. The van der Waals surface area contributed by atoms with Gasteiger partial charge in [0.05, 0.1) is 0 Å². The van der Waals surface area contributed by atoms with E-state index in [1.54, 1.807) is 0 Å². The highest BCUT2D eigenvalue weighted by Gasteiger charge is 2.39. The smallest absolute Gasteiger partial charge is 0.318 e. The number of hydrogen-bond donors (Lipinski definition) is 2. The maximum Gasteiger partial charge on any atom is 0.318 e. The molecule has 2 N–H and O–H groups in total. The molecule has 3 rings (SSSR count). The maximum atomic E-state index is 12.8. The van der Waals surface area contributed by atoms with E-state index in [9.17, 15) is 9.59 Å². The van der Waals surface area contributed by atoms with Crippen molar-refractivity contribution in [1.82, 2.24) is 10.2 Å². The highest BCUT2D eigenvalue weighted by atomic mass is 16.4. The molecule has 24 heavy (non-hydrogen) atoms. The third-order valence-corrected chi connectivity index (χ3v) is 5.29. The summed E-state index contributed by atoms with van der Waals surface area (Å²) in [6.45, 7) is 0. The number of carboxylic acid groups (broad SMARTS) is 1. The zero-order valence-corrected chi connectivity index (χ0v) is 14.0. The fourth-order valence-corrected chi connectivity index (χ4v) is 4.12. The van der Waals surface area contributed by atoms with Gasteiger partial charge in [0, 0.05) is 24.5 Å². The Labute approximate surface area is 143 Å². The van der Waals surface area contributed by atoms with Crippen LogP contribution in [0.25, 0.3) is 0 Å². The van der Waals surface area contributed by atoms with Crippen LogP contribution in [-0.2, 0) is 11.2 Å². The molecule has 3 atom stereocenters. The molecule has 0 radical (unpaired) electrons. The predicted octanol–water partition coefficient (Wildman–Crippen LogP) is 3.19. The van der Waals surface area contributed by atoms with Crippen LogP contribution < -0.4 is 5.32 Å². The standard InChI is InChI=1S/C19H26N2O3/c22-18(23)12-9-15(13-14-5-2-1-3-6-14)20-19(24)21-16-7-4-8-17(21)11-10-16/h1-3,5-6,15-17H,4,7-13H2,(H,20,24)(H,22,23). The molecule has 2 saturated heterocycles. The third kappa shape index (κ3) is 4.08. The van der Waals surface area contributed by atoms with Crippen LogP contribution in [0, 0.1) is 0 Å². The van der Waals surface area contributed by atoms with Crippen molar-refractivity contribution in [3.63, 3.8) is 0 Å². The van der Waals surface area contributed by atoms with Gasteiger partial charge in [0.25, 0.3) is 0 Å². The van der Waals surface area contributed by atoms with Crippen molar-refractivity contribution in [2.75, 3.05) is 0 Å². The van der Waals surface area contributed by atoms with E-state index in [0.29, 0.717) is 24.9 Å². The van der Waals surface area contributed by atoms with E-state index in [1.807, 2.05) is 35.2 Å². The van der Waals surface area contributed by atoms with E-state index in [2.05, 4.69) is 5.32 Å². The number of nitrogens with one attached hydrogen (secondary N) is 1. The largest absolute Gasteiger partial charge is 0.481 e. The number of hydrogen-bond acceptors (Lipinski definition) is 2. The predicted molar refractivity (Wildman–Crippen MR) is 91.8 cm³/mol. The molecule has 3 unspecified atom stereocenters. The van der Waals surface area contributed by atoms with Crippen molar-refractivity contribution in [2.24, 2.45) is 0 Å². The zero-order valence-electron chi connectivity index (χ0n) is 14.0. The molecule has 2 fully saturated rings. The number of piperidine rings is 1. The molecule has 5 nitrogen and oxygen atoms in total. The number of nitrogens with zero attached hydrogens (tertiary/aromatic N) is 1. The van der Waals surface area contributed by atoms with Crippen molar-refractivity contribution in [1.29, 1.82) is 0 Å². The summed E-state index contributed by atoms with van der Waals surface area (Å²) in [5, 5.41) is 12.1. The Bertz CT molecular complexity index is 559. The van der Waals surface area contributed by atoms with Crippen LogP contribution in [0.3, 0.4) is 0 Å². The second-order valence-electron chi connectivity index (χ2n) is 6.99. The van der Waals surface area contributed by atoms with E-state index < -0.39 is 5.97 Å². The van der Waals surface area contributed by atoms with Crippen molar-refractivity contribution < 1.29 is 14.7 Å². The van der Waals surface area contributed by atoms with Gasteiger partial charge in [0.1, 0.15) is 0 Å². The number of aliphatic carboxylic acids is 1. The first-order chi connectivity index (χ1) is 11.6. The van der Waals surface area contributed by atoms with E-state index >= 15 is 0 Å². The lowest BCUT2D eigenvalue weighted by molar-refractivity contribution is -0.137. The average molecular weight is 330 g/mol. The molecule has 0 aromatic heterocycles. The first-order valence-corrected chi connectivity index (χ1v) is 8.98. The van der Waals surface area contributed by atoms with Crippen molar-refractivity contribution in [2.45, 2.75) is 69.5 Å². The number of carbonyl (C=O) groups excluding carboxylic acids is 1. The molecule has 2 aliphatic heterocycles. The second-order valence-corrected chi connectivity index (χ2v) is 6.99. The SMILES string of the molecule is O=C(O)CCC(Cc1ccccc1)NC(=O)N1C2CCCC1CC2. The van der Waals surface area contributed by atoms with E-state index in [1.165, 1.54) is 6.42 Å². The van der Waals surface area contributed by atoms with Gasteiger partial charge in [-0.3, -0.25) is 4.79 Å². The molecule has 5 heteroatoms. The Kier molecular flexibility index (Phi) is 5.38. The Balaban J connectivity index is 1.64. The molecule has 0 aliphatic carbocycles. The lowest BCUT2D eigenvalue weighted by Crippen LogP contribution is -2.52. The molecule has 1 aromatic carbocycles. The van der Waals surface area contributed by atoms with Crippen LogP contribution >= 0.6 is 0 Å². The minimum Gasteiger partial charge on any atom is -0.481 e. The van der Waals surface area contributed by atoms with Crippen LogP contribution in [0.2, 0.25) is 0 Å². The number of carbonyl (C=O) groups is 2. The third-order valence-electron chi connectivity index (χ3n) is 5.29. The summed E-state index contributed by atoms with van der Waals surface area (Å²) in [7, 11) is 0. The van der Waals surface area contributed by atoms with Crippen LogP contribution in [-0.4, -0.2) is 40.1 Å². The Hall–Kier alpha value is -2.04. The van der Waals surface area contributed by atoms with Gasteiger partial charge in [-0.15, -0.1) is 0 Å². The number of amides is 2. The summed E-state index contributed by atoms with van der Waals surface area (Å²) < 4.78 is 0. The molecule has 2 heterocycles. The summed E-state index contributed by atoms with van der Waals surface area (Å²) in [6, 6.07) is 10.5. The van der Waals surface area contributed by atoms with Gasteiger partial charge in [-0.05, 0) is 50.5 Å². The van der Waals surface area contributed by atoms with Crippen LogP contribution in [0.1, 0.15) is 50.5 Å². The van der Waals surface area contributed by atoms with Gasteiger partial charge in [-0.25, -0.2) is 4.79 Å². The van der Waals surface area contributed by atoms with E-state index in [-0.39, 0.29) is 18.5 Å². The second kappa shape index (κ2) is 7.69. The summed E-state index contributed by atoms with van der Waals surface area (Å²) in [5.74, 6) is -0.819. The molecule has 0 saturated carbocycles. The molecule has 2 aliphatic rings. The lowest BCUT2D eigenvalue weighted by Gasteiger charge is -2.36. The summed E-state index contributed by atoms with van der Waals surface area (Å²) in [5.41, 5.74) is 1.12. The molecule has 1 aromatic rings. The van der Waals surface area contributed by atoms with Crippen molar-refractivity contribution >= 4 is 12.0 Å². The van der Waals surface area contributed by atoms with E-state index in [4.69, 9.17) is 5.11 Å². The highest BCUT2D eigenvalue weighted by molar-refractivity contribution is 5.76. The van der Waals surface area contributed by atoms with Crippen LogP contribution in [0.15, 0.2) is 30.3 Å². The molecular formula is C19H26N2O3. The minimum atomic E-state index is -0.819. The van der Waals surface area contributed by atoms with Gasteiger partial charge in [-0.2, -0.15) is 0 Å². The number of urea groups is 1. The summed E-state index contributed by atoms with van der Waals surface area (Å²) >= 11 is 0. The lowest BCUT2D eigenvalue weighted by atomic mass is 10.0. The summed E-state index contributed by atoms with van der Waals surface area (Å²) in [6.07, 6.45) is 6.83. The minimum absolute atomic E-state index is 0.00600. The average Bonchev–Trinajstić information content (AvgIpc) is 2.83. The molecule has 2 amide bonds. The Morgan fingerprint density at radius 1 is 1.12 bits per heavy atom. The highest BCUT2D eigenvalue weighted by Crippen LogP contribution is 2.35. The number of rotatable bonds is 6. The number of fused-ring (bicyclic) bond motifs is 2. The molecular weight excluding hydrogens is 304 g/mol. The van der Waals surface area contributed by atoms with Gasteiger partial charge in [-0.1, -0.05) is 30.3 Å². The van der Waals surface area contributed by atoms with Gasteiger partial charge < -0.3 is 15.3 Å². The first kappa shape index (κ1) is 16.8. The zero-order chi connectivity index (χ0) is 16.9. The van der Waals surface area contributed by atoms with E-state index in [0.717, 1.165) is 31.2 Å². The molecule has 0 spiro atoms. The fourth-order valence-electron chi connectivity index (χ4n) is 4.12. The number of benzene rings is 1. The Morgan fingerprint density at radius 2 is 1.79 bits per heavy atom. The monoisotopic (exact) mass is 330 g/mol. The fraction of sp³-hybridized carbons (Fsp3) is 0.579. The molecule has 130 valence electrons. The van der Waals surface area contributed by atoms with Crippen LogP contribution in [0.5, 0.6) is 0 Å². The van der Waals surface area contributed by atoms with Crippen molar-refractivity contribution in [3.8, 4) is 0 Å². The quantitative estimate of drug-likeness (QED) is 0.841. The topological polar surface area (TPSA) is 69.6 Å².